The minimum Gasteiger partial charge on any atom is -0.382 e. The first-order chi connectivity index (χ1) is 17.0. The van der Waals surface area contributed by atoms with Gasteiger partial charge < -0.3 is 15.6 Å². The first kappa shape index (κ1) is 21.7. The molecule has 0 aliphatic carbocycles. The summed E-state index contributed by atoms with van der Waals surface area (Å²) in [5, 5.41) is 16.9. The van der Waals surface area contributed by atoms with Crippen LogP contribution in [0.4, 0.5) is 11.6 Å². The maximum Gasteiger partial charge on any atom is 0.267 e. The van der Waals surface area contributed by atoms with Gasteiger partial charge in [-0.3, -0.25) is 4.79 Å². The SMILES string of the molecule is Cc1ncc(-c2cccc3nc([C@H](C)Nc4ncnc(N)c4C#N)n(-c4ccon4)c(=O)c23)cn1. The molecule has 1 aromatic carbocycles. The molecule has 3 N–H and O–H groups in total. The highest BCUT2D eigenvalue weighted by atomic mass is 16.5. The highest BCUT2D eigenvalue weighted by Crippen LogP contribution is 2.28. The smallest absolute Gasteiger partial charge is 0.267 e. The van der Waals surface area contributed by atoms with Crippen molar-refractivity contribution in [1.29, 1.82) is 5.26 Å². The van der Waals surface area contributed by atoms with Gasteiger partial charge in [-0.25, -0.2) is 29.5 Å². The minimum atomic E-state index is -0.587. The van der Waals surface area contributed by atoms with Gasteiger partial charge in [0.1, 0.15) is 47.5 Å². The van der Waals surface area contributed by atoms with Crippen LogP contribution in [0.1, 0.15) is 30.2 Å². The predicted molar refractivity (Wildman–Crippen MR) is 126 cm³/mol. The zero-order valence-corrected chi connectivity index (χ0v) is 18.7. The highest BCUT2D eigenvalue weighted by molar-refractivity contribution is 5.93. The molecule has 0 saturated carbocycles. The van der Waals surface area contributed by atoms with Gasteiger partial charge in [0, 0.05) is 24.0 Å². The van der Waals surface area contributed by atoms with Crippen molar-refractivity contribution < 1.29 is 4.52 Å². The molecule has 0 fully saturated rings. The third-order valence-electron chi connectivity index (χ3n) is 5.40. The van der Waals surface area contributed by atoms with Gasteiger partial charge in [0.25, 0.3) is 5.56 Å². The molecule has 0 aliphatic heterocycles. The lowest BCUT2D eigenvalue weighted by molar-refractivity contribution is 0.415. The number of fused-ring (bicyclic) bond motifs is 1. The fourth-order valence-electron chi connectivity index (χ4n) is 3.74. The van der Waals surface area contributed by atoms with E-state index in [1.54, 1.807) is 38.4 Å². The number of nitrogens with one attached hydrogen (secondary N) is 1. The minimum absolute atomic E-state index is 0.0440. The fraction of sp³-hybridized carbons (Fsp3) is 0.130. The van der Waals surface area contributed by atoms with Crippen LogP contribution < -0.4 is 16.6 Å². The summed E-state index contributed by atoms with van der Waals surface area (Å²) in [6.07, 6.45) is 5.95. The van der Waals surface area contributed by atoms with Gasteiger partial charge in [-0.05, 0) is 25.5 Å². The van der Waals surface area contributed by atoms with Crippen LogP contribution in [0.2, 0.25) is 0 Å². The van der Waals surface area contributed by atoms with Crippen LogP contribution in [0, 0.1) is 18.3 Å². The third kappa shape index (κ3) is 3.80. The van der Waals surface area contributed by atoms with Crippen molar-refractivity contribution in [3.8, 4) is 23.0 Å². The van der Waals surface area contributed by atoms with E-state index in [1.807, 2.05) is 18.2 Å². The van der Waals surface area contributed by atoms with E-state index in [9.17, 15) is 10.1 Å². The normalized spacial score (nSPS) is 11.8. The van der Waals surface area contributed by atoms with Crippen molar-refractivity contribution in [1.82, 2.24) is 34.6 Å². The highest BCUT2D eigenvalue weighted by Gasteiger charge is 2.23. The van der Waals surface area contributed by atoms with Gasteiger partial charge >= 0.3 is 0 Å². The van der Waals surface area contributed by atoms with E-state index in [4.69, 9.17) is 15.2 Å². The predicted octanol–water partition coefficient (Wildman–Crippen LogP) is 2.56. The van der Waals surface area contributed by atoms with Crippen molar-refractivity contribution in [2.45, 2.75) is 19.9 Å². The number of hydrogen-bond donors (Lipinski definition) is 2. The Labute approximate surface area is 198 Å². The Kier molecular flexibility index (Phi) is 5.34. The quantitative estimate of drug-likeness (QED) is 0.389. The van der Waals surface area contributed by atoms with E-state index in [0.717, 1.165) is 0 Å². The molecule has 5 rings (SSSR count). The lowest BCUT2D eigenvalue weighted by atomic mass is 10.0. The summed E-state index contributed by atoms with van der Waals surface area (Å²) in [6, 6.07) is 8.35. The van der Waals surface area contributed by atoms with E-state index in [0.29, 0.717) is 33.7 Å². The number of aromatic nitrogens is 7. The Morgan fingerprint density at radius 2 is 1.97 bits per heavy atom. The first-order valence-corrected chi connectivity index (χ1v) is 10.5. The summed E-state index contributed by atoms with van der Waals surface area (Å²) in [5.41, 5.74) is 7.35. The van der Waals surface area contributed by atoms with E-state index in [-0.39, 0.29) is 28.6 Å². The maximum absolute atomic E-state index is 13.9. The van der Waals surface area contributed by atoms with Crippen LogP contribution in [0.3, 0.4) is 0 Å². The molecule has 172 valence electrons. The lowest BCUT2D eigenvalue weighted by Crippen LogP contribution is -2.28. The number of hydrogen-bond acceptors (Lipinski definition) is 11. The van der Waals surface area contributed by atoms with Crippen LogP contribution in [-0.2, 0) is 0 Å². The molecule has 0 amide bonds. The van der Waals surface area contributed by atoms with E-state index < -0.39 is 6.04 Å². The molecule has 12 heteroatoms. The molecule has 5 aromatic rings. The Bertz CT molecular complexity index is 1640. The summed E-state index contributed by atoms with van der Waals surface area (Å²) in [6.45, 7) is 3.57. The monoisotopic (exact) mass is 466 g/mol. The molecule has 0 aliphatic rings. The van der Waals surface area contributed by atoms with Crippen LogP contribution >= 0.6 is 0 Å². The molecule has 0 bridgehead atoms. The van der Waals surface area contributed by atoms with Crippen molar-refractivity contribution in [3.63, 3.8) is 0 Å². The molecule has 0 saturated heterocycles. The molecule has 0 unspecified atom stereocenters. The number of nitrogens with two attached hydrogens (primary N) is 1. The summed E-state index contributed by atoms with van der Waals surface area (Å²) < 4.78 is 6.37. The number of aryl methyl sites for hydroxylation is 1. The zero-order valence-electron chi connectivity index (χ0n) is 18.7. The number of nitriles is 1. The van der Waals surface area contributed by atoms with Crippen LogP contribution in [0.25, 0.3) is 27.8 Å². The Morgan fingerprint density at radius 3 is 2.69 bits per heavy atom. The summed E-state index contributed by atoms with van der Waals surface area (Å²) in [5.74, 6) is 1.47. The molecule has 0 spiro atoms. The largest absolute Gasteiger partial charge is 0.382 e. The number of rotatable bonds is 5. The topological polar surface area (TPSA) is 174 Å². The first-order valence-electron chi connectivity index (χ1n) is 10.5. The summed E-state index contributed by atoms with van der Waals surface area (Å²) in [7, 11) is 0. The molecular weight excluding hydrogens is 448 g/mol. The van der Waals surface area contributed by atoms with Gasteiger partial charge in [0.05, 0.1) is 16.9 Å². The van der Waals surface area contributed by atoms with E-state index in [2.05, 4.69) is 30.4 Å². The lowest BCUT2D eigenvalue weighted by Gasteiger charge is -2.20. The van der Waals surface area contributed by atoms with E-state index >= 15 is 0 Å². The summed E-state index contributed by atoms with van der Waals surface area (Å²) >= 11 is 0. The number of benzene rings is 1. The van der Waals surface area contributed by atoms with Gasteiger partial charge in [-0.2, -0.15) is 5.26 Å². The number of nitrogen functional groups attached to an aromatic ring is 1. The van der Waals surface area contributed by atoms with Crippen molar-refractivity contribution in [2.75, 3.05) is 11.1 Å². The molecular formula is C23H18N10O2. The van der Waals surface area contributed by atoms with Gasteiger partial charge in [0.15, 0.2) is 5.82 Å². The van der Waals surface area contributed by atoms with Gasteiger partial charge in [-0.15, -0.1) is 0 Å². The Morgan fingerprint density at radius 1 is 1.17 bits per heavy atom. The molecule has 4 aromatic heterocycles. The van der Waals surface area contributed by atoms with Gasteiger partial charge in [0.2, 0.25) is 0 Å². The molecule has 12 nitrogen and oxygen atoms in total. The van der Waals surface area contributed by atoms with Crippen molar-refractivity contribution >= 4 is 22.5 Å². The average Bonchev–Trinajstić information content (AvgIpc) is 3.38. The second-order valence-electron chi connectivity index (χ2n) is 7.65. The van der Waals surface area contributed by atoms with Gasteiger partial charge in [-0.1, -0.05) is 17.3 Å². The standard InChI is InChI=1S/C23H18N10O2/c1-12(30-21-16(8-24)20(25)28-11-29-21)22-31-17-5-3-4-15(14-9-26-13(2)27-10-14)19(17)23(34)33(22)18-6-7-35-32-18/h3-7,9-12H,1-2H3,(H3,25,28,29,30)/t12-/m0/s1. The fourth-order valence-corrected chi connectivity index (χ4v) is 3.74. The average molecular weight is 466 g/mol. The van der Waals surface area contributed by atoms with E-state index in [1.165, 1.54) is 17.2 Å². The third-order valence-corrected chi connectivity index (χ3v) is 5.40. The van der Waals surface area contributed by atoms with Crippen molar-refractivity contribution in [3.05, 3.63) is 76.8 Å². The second-order valence-corrected chi connectivity index (χ2v) is 7.65. The second kappa shape index (κ2) is 8.64. The maximum atomic E-state index is 13.9. The molecule has 35 heavy (non-hydrogen) atoms. The molecule has 1 atom stereocenters. The number of nitrogens with zero attached hydrogens (tertiary/aromatic N) is 8. The zero-order chi connectivity index (χ0) is 24.5. The Balaban J connectivity index is 1.73. The van der Waals surface area contributed by atoms with Crippen molar-refractivity contribution in [2.24, 2.45) is 0 Å². The Hall–Kier alpha value is -5.18. The molecule has 0 radical (unpaired) electrons. The van der Waals surface area contributed by atoms with Crippen LogP contribution in [0.5, 0.6) is 0 Å². The molecule has 4 heterocycles. The summed E-state index contributed by atoms with van der Waals surface area (Å²) in [4.78, 5) is 35.2. The number of anilines is 2. The van der Waals surface area contributed by atoms with Crippen LogP contribution in [0.15, 0.2) is 58.6 Å². The van der Waals surface area contributed by atoms with Crippen LogP contribution in [-0.4, -0.2) is 34.6 Å².